The molecular weight excluding hydrogens is 264 g/mol. The zero-order valence-electron chi connectivity index (χ0n) is 13.5. The van der Waals surface area contributed by atoms with Crippen molar-refractivity contribution >= 4 is 0 Å². The minimum Gasteiger partial charge on any atom is -0.119 e. The van der Waals surface area contributed by atoms with Crippen LogP contribution in [-0.4, -0.2) is 0 Å². The number of allylic oxidation sites excluding steroid dienone is 4. The molecule has 114 valence electrons. The molecule has 0 aromatic heterocycles. The molecule has 0 unspecified atom stereocenters. The molecule has 0 nitrogen and oxygen atoms in total. The molecule has 0 atom stereocenters. The normalized spacial score (nSPS) is 9.55. The largest absolute Gasteiger partial charge is 0.119 e. The van der Waals surface area contributed by atoms with Gasteiger partial charge in [-0.2, -0.15) is 0 Å². The first-order valence-corrected chi connectivity index (χ1v) is 8.09. The van der Waals surface area contributed by atoms with Crippen molar-refractivity contribution in [3.05, 3.63) is 24.3 Å². The summed E-state index contributed by atoms with van der Waals surface area (Å²) in [7, 11) is 0. The van der Waals surface area contributed by atoms with Crippen LogP contribution in [0.4, 0.5) is 0 Å². The molecule has 0 aliphatic rings. The minimum absolute atomic E-state index is 0.472. The molecule has 0 fully saturated rings. The predicted octanol–water partition coefficient (Wildman–Crippen LogP) is 5.27. The highest BCUT2D eigenvalue weighted by molar-refractivity contribution is 5.31. The summed E-state index contributed by atoms with van der Waals surface area (Å²) in [4.78, 5) is 0. The van der Waals surface area contributed by atoms with Crippen LogP contribution in [0.15, 0.2) is 24.3 Å². The summed E-state index contributed by atoms with van der Waals surface area (Å²) in [5.41, 5.74) is 0. The van der Waals surface area contributed by atoms with E-state index in [1.807, 2.05) is 6.08 Å². The van der Waals surface area contributed by atoms with Crippen LogP contribution in [-0.2, 0) is 0 Å². The third kappa shape index (κ3) is 17.7. The van der Waals surface area contributed by atoms with Crippen LogP contribution in [0.25, 0.3) is 0 Å². The first kappa shape index (κ1) is 19.7. The average molecular weight is 290 g/mol. The molecule has 0 bridgehead atoms. The van der Waals surface area contributed by atoms with Gasteiger partial charge in [-0.15, -0.1) is 12.8 Å². The molecule has 0 aliphatic carbocycles. The maximum atomic E-state index is 5.14. The topological polar surface area (TPSA) is 0 Å². The standard InChI is InChI=1S/C22H26/c1-3-5-7-9-11-13-15-17-19-21-22-20-18-16-14-12-10-8-6-4-2/h1-2,5,7,16,18H,6,9,11,13,15,17,19-22H2. The highest BCUT2D eigenvalue weighted by Crippen LogP contribution is 2.10. The highest BCUT2D eigenvalue weighted by atomic mass is 14.0. The van der Waals surface area contributed by atoms with E-state index in [4.69, 9.17) is 12.8 Å². The van der Waals surface area contributed by atoms with Crippen molar-refractivity contribution in [1.29, 1.82) is 0 Å². The fraction of sp³-hybridized carbons (Fsp3) is 0.455. The number of rotatable bonds is 10. The molecular formula is C22H26. The van der Waals surface area contributed by atoms with Gasteiger partial charge >= 0.3 is 0 Å². The summed E-state index contributed by atoms with van der Waals surface area (Å²) < 4.78 is 0. The Hall–Kier alpha value is -2.28. The summed E-state index contributed by atoms with van der Waals surface area (Å²) >= 11 is 0. The summed E-state index contributed by atoms with van der Waals surface area (Å²) in [5, 5.41) is 0. The van der Waals surface area contributed by atoms with Gasteiger partial charge in [0.05, 0.1) is 6.42 Å². The van der Waals surface area contributed by atoms with Crippen LogP contribution in [0.5, 0.6) is 0 Å². The lowest BCUT2D eigenvalue weighted by atomic mass is 10.1. The van der Waals surface area contributed by atoms with Crippen LogP contribution in [0.3, 0.4) is 0 Å². The maximum absolute atomic E-state index is 5.14. The van der Waals surface area contributed by atoms with Crippen molar-refractivity contribution in [3.63, 3.8) is 0 Å². The predicted molar refractivity (Wildman–Crippen MR) is 97.7 cm³/mol. The summed E-state index contributed by atoms with van der Waals surface area (Å²) in [6.45, 7) is 0. The molecule has 0 N–H and O–H groups in total. The van der Waals surface area contributed by atoms with E-state index in [0.29, 0.717) is 6.42 Å². The minimum atomic E-state index is 0.472. The molecule has 0 heterocycles. The lowest BCUT2D eigenvalue weighted by Crippen LogP contribution is -1.80. The molecule has 0 saturated heterocycles. The third-order valence-electron chi connectivity index (χ3n) is 3.07. The molecule has 0 aromatic rings. The van der Waals surface area contributed by atoms with Crippen LogP contribution in [0.1, 0.15) is 64.2 Å². The van der Waals surface area contributed by atoms with E-state index in [2.05, 4.69) is 47.7 Å². The van der Waals surface area contributed by atoms with E-state index in [1.165, 1.54) is 44.9 Å². The first-order chi connectivity index (χ1) is 10.9. The second-order valence-electron chi connectivity index (χ2n) is 4.98. The van der Waals surface area contributed by atoms with Gasteiger partial charge in [0.2, 0.25) is 0 Å². The Balaban J connectivity index is 3.31. The van der Waals surface area contributed by atoms with Gasteiger partial charge in [-0.05, 0) is 49.7 Å². The van der Waals surface area contributed by atoms with Crippen molar-refractivity contribution in [1.82, 2.24) is 0 Å². The van der Waals surface area contributed by atoms with E-state index in [1.54, 1.807) is 6.08 Å². The fourth-order valence-corrected chi connectivity index (χ4v) is 1.92. The van der Waals surface area contributed by atoms with Gasteiger partial charge in [0.25, 0.3) is 0 Å². The van der Waals surface area contributed by atoms with Crippen molar-refractivity contribution in [2.75, 3.05) is 0 Å². The van der Waals surface area contributed by atoms with E-state index in [9.17, 15) is 0 Å². The molecule has 0 saturated carbocycles. The fourth-order valence-electron chi connectivity index (χ4n) is 1.92. The number of hydrogen-bond acceptors (Lipinski definition) is 0. The monoisotopic (exact) mass is 290 g/mol. The van der Waals surface area contributed by atoms with Crippen molar-refractivity contribution in [3.8, 4) is 48.4 Å². The molecule has 0 aliphatic heterocycles. The summed E-state index contributed by atoms with van der Waals surface area (Å²) in [6, 6.07) is 0. The smallest absolute Gasteiger partial charge is 0.0710 e. The highest BCUT2D eigenvalue weighted by Gasteiger charge is 1.90. The third-order valence-corrected chi connectivity index (χ3v) is 3.07. The Bertz CT molecular complexity index is 509. The molecule has 0 amide bonds. The van der Waals surface area contributed by atoms with E-state index in [0.717, 1.165) is 12.8 Å². The molecule has 22 heavy (non-hydrogen) atoms. The SMILES string of the molecule is C#CC=CCCCCCCCCCC=CC#CC#CCC#C. The average Bonchev–Trinajstić information content (AvgIpc) is 2.54. The molecule has 0 aromatic carbocycles. The lowest BCUT2D eigenvalue weighted by Gasteiger charge is -1.99. The van der Waals surface area contributed by atoms with Crippen molar-refractivity contribution in [2.45, 2.75) is 64.2 Å². The molecule has 0 spiro atoms. The Morgan fingerprint density at radius 3 is 1.86 bits per heavy atom. The summed E-state index contributed by atoms with van der Waals surface area (Å²) in [6.07, 6.45) is 29.9. The second kappa shape index (κ2) is 18.7. The maximum Gasteiger partial charge on any atom is 0.0710 e. The van der Waals surface area contributed by atoms with E-state index >= 15 is 0 Å². The van der Waals surface area contributed by atoms with E-state index < -0.39 is 0 Å². The van der Waals surface area contributed by atoms with Crippen LogP contribution < -0.4 is 0 Å². The van der Waals surface area contributed by atoms with Gasteiger partial charge in [0.15, 0.2) is 0 Å². The number of terminal acetylenes is 2. The van der Waals surface area contributed by atoms with Crippen LogP contribution in [0, 0.1) is 48.4 Å². The van der Waals surface area contributed by atoms with Crippen molar-refractivity contribution < 1.29 is 0 Å². The second-order valence-corrected chi connectivity index (χ2v) is 4.98. The Morgan fingerprint density at radius 1 is 0.682 bits per heavy atom. The van der Waals surface area contributed by atoms with Crippen LogP contribution in [0.2, 0.25) is 0 Å². The zero-order valence-corrected chi connectivity index (χ0v) is 13.5. The van der Waals surface area contributed by atoms with Gasteiger partial charge in [-0.1, -0.05) is 67.9 Å². The van der Waals surface area contributed by atoms with Crippen LogP contribution >= 0.6 is 0 Å². The van der Waals surface area contributed by atoms with Gasteiger partial charge < -0.3 is 0 Å². The number of hydrogen-bond donors (Lipinski definition) is 0. The molecule has 0 radical (unpaired) electrons. The van der Waals surface area contributed by atoms with Gasteiger partial charge in [0, 0.05) is 0 Å². The Morgan fingerprint density at radius 2 is 1.27 bits per heavy atom. The first-order valence-electron chi connectivity index (χ1n) is 8.09. The van der Waals surface area contributed by atoms with Gasteiger partial charge in [-0.3, -0.25) is 0 Å². The van der Waals surface area contributed by atoms with Gasteiger partial charge in [-0.25, -0.2) is 0 Å². The zero-order chi connectivity index (χ0) is 16.1. The quantitative estimate of drug-likeness (QED) is 0.379. The van der Waals surface area contributed by atoms with Gasteiger partial charge in [0.1, 0.15) is 0 Å². The Kier molecular flexibility index (Phi) is 16.8. The Labute approximate surface area is 137 Å². The number of unbranched alkanes of at least 4 members (excludes halogenated alkanes) is 8. The lowest BCUT2D eigenvalue weighted by molar-refractivity contribution is 0.583. The van der Waals surface area contributed by atoms with Crippen molar-refractivity contribution in [2.24, 2.45) is 0 Å². The summed E-state index contributed by atoms with van der Waals surface area (Å²) in [5.74, 6) is 16.1. The van der Waals surface area contributed by atoms with E-state index in [-0.39, 0.29) is 0 Å². The molecule has 0 rings (SSSR count). The molecule has 0 heteroatoms.